The molecule has 2 aliphatic carbocycles. The standard InChI is InChI=1S/C40H53N3O8S/c1-26-8-11-30(52-21-5-4-18-43(28-13-19-50-20-14-28)39(49)38(48)37(47)36(46)34(45)25-44)22-27(26)23-42-40(15-16-40)33-24-41-17-12-31(33)32-6-2-3-7-35(32)51-29-9-10-29/h2-3,6-8,11-12,17,22,24,28-29,34,36-38,42,44-48H,4-5,9-10,13-16,18-21,23,25H2,1H3/t34-,36+,37-,38-/m0/s1. The van der Waals surface area contributed by atoms with E-state index >= 15 is 0 Å². The van der Waals surface area contributed by atoms with Crippen LogP contribution in [0.2, 0.25) is 0 Å². The molecule has 1 saturated heterocycles. The fourth-order valence-corrected chi connectivity index (χ4v) is 7.88. The third-order valence-corrected chi connectivity index (χ3v) is 11.6. The van der Waals surface area contributed by atoms with E-state index in [4.69, 9.17) is 14.6 Å². The Balaban J connectivity index is 1.04. The molecule has 6 rings (SSSR count). The van der Waals surface area contributed by atoms with Gasteiger partial charge >= 0.3 is 0 Å². The Kier molecular flexibility index (Phi) is 13.3. The molecule has 1 aliphatic heterocycles. The summed E-state index contributed by atoms with van der Waals surface area (Å²) in [5.41, 5.74) is 5.82. The van der Waals surface area contributed by atoms with Gasteiger partial charge in [-0.25, -0.2) is 0 Å². The fourth-order valence-electron chi connectivity index (χ4n) is 6.91. The quantitative estimate of drug-likeness (QED) is 0.0786. The molecular weight excluding hydrogens is 683 g/mol. The minimum absolute atomic E-state index is 0.139. The number of carbonyl (C=O) groups excluding carboxylic acids is 1. The Morgan fingerprint density at radius 2 is 1.79 bits per heavy atom. The van der Waals surface area contributed by atoms with E-state index in [0.717, 1.165) is 61.3 Å². The van der Waals surface area contributed by atoms with E-state index in [9.17, 15) is 25.2 Å². The summed E-state index contributed by atoms with van der Waals surface area (Å²) in [6, 6.07) is 16.8. The first-order chi connectivity index (χ1) is 25.2. The Morgan fingerprint density at radius 1 is 1.02 bits per heavy atom. The molecule has 6 N–H and O–H groups in total. The van der Waals surface area contributed by atoms with Gasteiger partial charge < -0.3 is 45.2 Å². The van der Waals surface area contributed by atoms with Crippen LogP contribution in [-0.2, 0) is 21.6 Å². The minimum Gasteiger partial charge on any atom is -0.490 e. The summed E-state index contributed by atoms with van der Waals surface area (Å²) in [5.74, 6) is 1.07. The number of nitrogens with zero attached hydrogens (tertiary/aromatic N) is 2. The summed E-state index contributed by atoms with van der Waals surface area (Å²) in [5, 5.41) is 53.8. The van der Waals surface area contributed by atoms with Gasteiger partial charge in [0.25, 0.3) is 5.91 Å². The molecule has 2 heterocycles. The normalized spacial score (nSPS) is 19.4. The molecule has 3 fully saturated rings. The van der Waals surface area contributed by atoms with Gasteiger partial charge in [0.1, 0.15) is 24.1 Å². The third kappa shape index (κ3) is 9.53. The molecule has 1 aromatic heterocycles. The van der Waals surface area contributed by atoms with Crippen molar-refractivity contribution < 1.29 is 39.8 Å². The van der Waals surface area contributed by atoms with Crippen molar-refractivity contribution in [3.8, 4) is 16.9 Å². The average molecular weight is 736 g/mol. The van der Waals surface area contributed by atoms with E-state index < -0.39 is 36.9 Å². The topological polar surface area (TPSA) is 165 Å². The SMILES string of the molecule is Cc1ccc(SCCCCN(C(=O)[C@@H](O)[C@@H](O)[C@H](O)[C@@H](O)CO)C2CCOCC2)cc1CNC1(c2cnccc2-c2ccccc2OC2CC2)CC1. The lowest BCUT2D eigenvalue weighted by Crippen LogP contribution is -2.55. The molecule has 2 saturated carbocycles. The highest BCUT2D eigenvalue weighted by atomic mass is 32.2. The molecule has 282 valence electrons. The summed E-state index contributed by atoms with van der Waals surface area (Å²) >= 11 is 1.77. The highest BCUT2D eigenvalue weighted by Gasteiger charge is 2.46. The summed E-state index contributed by atoms with van der Waals surface area (Å²) in [6.07, 6.45) is 3.83. The maximum Gasteiger partial charge on any atom is 0.254 e. The predicted molar refractivity (Wildman–Crippen MR) is 199 cm³/mol. The van der Waals surface area contributed by atoms with Crippen LogP contribution in [0.1, 0.15) is 68.1 Å². The van der Waals surface area contributed by atoms with Crippen LogP contribution in [0.5, 0.6) is 5.75 Å². The number of aliphatic hydroxyl groups excluding tert-OH is 5. The van der Waals surface area contributed by atoms with Crippen molar-refractivity contribution >= 4 is 17.7 Å². The number of carbonyl (C=O) groups is 1. The van der Waals surface area contributed by atoms with Gasteiger partial charge in [0.15, 0.2) is 6.10 Å². The molecule has 1 amide bonds. The number of amides is 1. The van der Waals surface area contributed by atoms with E-state index in [1.165, 1.54) is 21.6 Å². The largest absolute Gasteiger partial charge is 0.490 e. The van der Waals surface area contributed by atoms with Gasteiger partial charge in [-0.1, -0.05) is 24.3 Å². The van der Waals surface area contributed by atoms with Crippen LogP contribution in [-0.4, -0.2) is 110 Å². The van der Waals surface area contributed by atoms with Crippen LogP contribution >= 0.6 is 11.8 Å². The molecule has 11 nitrogen and oxygen atoms in total. The van der Waals surface area contributed by atoms with Crippen LogP contribution in [0, 0.1) is 6.92 Å². The molecule has 52 heavy (non-hydrogen) atoms. The first-order valence-corrected chi connectivity index (χ1v) is 19.6. The Bertz CT molecular complexity index is 1630. The number of para-hydroxylation sites is 1. The van der Waals surface area contributed by atoms with Gasteiger partial charge in [-0.2, -0.15) is 0 Å². The van der Waals surface area contributed by atoms with Crippen LogP contribution < -0.4 is 10.1 Å². The lowest BCUT2D eigenvalue weighted by atomic mass is 9.94. The molecule has 0 unspecified atom stereocenters. The second-order valence-electron chi connectivity index (χ2n) is 14.4. The van der Waals surface area contributed by atoms with Crippen molar-refractivity contribution in [3.63, 3.8) is 0 Å². The van der Waals surface area contributed by atoms with Crippen molar-refractivity contribution in [1.82, 2.24) is 15.2 Å². The highest BCUT2D eigenvalue weighted by Crippen LogP contribution is 2.50. The van der Waals surface area contributed by atoms with Crippen LogP contribution in [0.4, 0.5) is 0 Å². The zero-order valence-electron chi connectivity index (χ0n) is 29.9. The monoisotopic (exact) mass is 735 g/mol. The van der Waals surface area contributed by atoms with Gasteiger partial charge in [0.2, 0.25) is 0 Å². The molecule has 4 atom stereocenters. The van der Waals surface area contributed by atoms with Crippen molar-refractivity contribution in [2.75, 3.05) is 32.1 Å². The summed E-state index contributed by atoms with van der Waals surface area (Å²) < 4.78 is 11.8. The molecule has 3 aliphatic rings. The third-order valence-electron chi connectivity index (χ3n) is 10.5. The van der Waals surface area contributed by atoms with Crippen molar-refractivity contribution in [1.29, 1.82) is 0 Å². The lowest BCUT2D eigenvalue weighted by molar-refractivity contribution is -0.162. The number of benzene rings is 2. The Hall–Kier alpha value is -3.07. The number of aryl methyl sites for hydroxylation is 1. The average Bonchev–Trinajstić information content (AvgIpc) is 4.13. The van der Waals surface area contributed by atoms with Crippen LogP contribution in [0.15, 0.2) is 65.8 Å². The Labute approximate surface area is 310 Å². The summed E-state index contributed by atoms with van der Waals surface area (Å²) in [4.78, 5) is 20.6. The molecule has 12 heteroatoms. The molecule has 2 aromatic carbocycles. The van der Waals surface area contributed by atoms with E-state index in [0.29, 0.717) is 45.1 Å². The van der Waals surface area contributed by atoms with Crippen LogP contribution in [0.3, 0.4) is 0 Å². The molecule has 0 radical (unpaired) electrons. The number of rotatable bonds is 19. The zero-order valence-corrected chi connectivity index (χ0v) is 30.7. The molecule has 3 aromatic rings. The van der Waals surface area contributed by atoms with Gasteiger partial charge in [-0.3, -0.25) is 9.78 Å². The number of ether oxygens (including phenoxy) is 2. The molecular formula is C40H53N3O8S. The van der Waals surface area contributed by atoms with E-state index in [2.05, 4.69) is 59.7 Å². The molecule has 0 bridgehead atoms. The smallest absolute Gasteiger partial charge is 0.254 e. The minimum atomic E-state index is -1.93. The lowest BCUT2D eigenvalue weighted by Gasteiger charge is -2.37. The second-order valence-corrected chi connectivity index (χ2v) is 15.5. The van der Waals surface area contributed by atoms with Crippen LogP contribution in [0.25, 0.3) is 11.1 Å². The van der Waals surface area contributed by atoms with Gasteiger partial charge in [-0.15, -0.1) is 11.8 Å². The van der Waals surface area contributed by atoms with Gasteiger partial charge in [0, 0.05) is 60.7 Å². The van der Waals surface area contributed by atoms with E-state index in [-0.39, 0.29) is 11.6 Å². The summed E-state index contributed by atoms with van der Waals surface area (Å²) in [7, 11) is 0. The first kappa shape index (κ1) is 38.6. The molecule has 0 spiro atoms. The van der Waals surface area contributed by atoms with Crippen molar-refractivity contribution in [3.05, 3.63) is 77.6 Å². The highest BCUT2D eigenvalue weighted by molar-refractivity contribution is 7.99. The van der Waals surface area contributed by atoms with E-state index in [1.54, 1.807) is 16.7 Å². The number of aliphatic hydroxyl groups is 5. The number of nitrogens with one attached hydrogen (secondary N) is 1. The maximum absolute atomic E-state index is 13.3. The van der Waals surface area contributed by atoms with Crippen molar-refractivity contribution in [2.45, 2.75) is 112 Å². The fraction of sp³-hybridized carbons (Fsp3) is 0.550. The number of aromatic nitrogens is 1. The number of unbranched alkanes of at least 4 members (excludes halogenated alkanes) is 1. The number of pyridine rings is 1. The number of hydrogen-bond acceptors (Lipinski definition) is 11. The zero-order chi connectivity index (χ0) is 36.7. The van der Waals surface area contributed by atoms with Crippen molar-refractivity contribution in [2.24, 2.45) is 0 Å². The first-order valence-electron chi connectivity index (χ1n) is 18.6. The second kappa shape index (κ2) is 17.8. The van der Waals surface area contributed by atoms with Gasteiger partial charge in [-0.05, 0) is 111 Å². The summed E-state index contributed by atoms with van der Waals surface area (Å²) in [6.45, 7) is 3.43. The maximum atomic E-state index is 13.3. The predicted octanol–water partition coefficient (Wildman–Crippen LogP) is 3.69. The Morgan fingerprint density at radius 3 is 2.52 bits per heavy atom. The van der Waals surface area contributed by atoms with E-state index in [1.807, 2.05) is 18.5 Å². The van der Waals surface area contributed by atoms with Gasteiger partial charge in [0.05, 0.1) is 12.7 Å². The number of hydrogen-bond donors (Lipinski definition) is 6. The number of thioether (sulfide) groups is 1.